The lowest BCUT2D eigenvalue weighted by Gasteiger charge is -2.23. The number of likely N-dealkylation sites (tertiary alicyclic amines) is 1. The van der Waals surface area contributed by atoms with E-state index in [0.717, 1.165) is 0 Å². The zero-order valence-corrected chi connectivity index (χ0v) is 12.7. The number of carbonyl (C=O) groups is 2. The van der Waals surface area contributed by atoms with Gasteiger partial charge in [0.2, 0.25) is 0 Å². The van der Waals surface area contributed by atoms with Crippen molar-refractivity contribution in [3.05, 3.63) is 38.3 Å². The van der Waals surface area contributed by atoms with E-state index in [1.165, 1.54) is 23.1 Å². The summed E-state index contributed by atoms with van der Waals surface area (Å²) in [6.07, 6.45) is 0.387. The Balaban J connectivity index is 2.29. The third-order valence-electron chi connectivity index (χ3n) is 3.67. The summed E-state index contributed by atoms with van der Waals surface area (Å²) in [6.45, 7) is 2.01. The van der Waals surface area contributed by atoms with Gasteiger partial charge in [0.1, 0.15) is 0 Å². The zero-order chi connectivity index (χ0) is 15.7. The van der Waals surface area contributed by atoms with E-state index < -0.39 is 28.8 Å². The van der Waals surface area contributed by atoms with Crippen molar-refractivity contribution in [1.82, 2.24) is 4.90 Å². The van der Waals surface area contributed by atoms with Crippen LogP contribution in [0.1, 0.15) is 23.7 Å². The largest absolute Gasteiger partial charge is 0.481 e. The van der Waals surface area contributed by atoms with Gasteiger partial charge in [-0.05, 0) is 19.4 Å². The lowest BCUT2D eigenvalue weighted by Crippen LogP contribution is -2.37. The van der Waals surface area contributed by atoms with E-state index in [1.807, 2.05) is 0 Å². The number of nitro groups is 1. The Hall–Kier alpha value is -1.96. The number of carbonyl (C=O) groups excluding carboxylic acids is 1. The molecule has 1 fully saturated rings. The number of non-ortho nitro benzene ring substituents is 1. The summed E-state index contributed by atoms with van der Waals surface area (Å²) in [5, 5.41) is 19.9. The molecule has 7 nitrogen and oxygen atoms in total. The lowest BCUT2D eigenvalue weighted by atomic mass is 10.0. The number of nitrogens with zero attached hydrogens (tertiary/aromatic N) is 2. The Morgan fingerprint density at radius 3 is 2.62 bits per heavy atom. The monoisotopic (exact) mass is 356 g/mol. The quantitative estimate of drug-likeness (QED) is 0.661. The maximum absolute atomic E-state index is 12.4. The average molecular weight is 357 g/mol. The van der Waals surface area contributed by atoms with Gasteiger partial charge in [-0.15, -0.1) is 0 Å². The summed E-state index contributed by atoms with van der Waals surface area (Å²) in [7, 11) is 0. The van der Waals surface area contributed by atoms with Crippen molar-refractivity contribution in [3.8, 4) is 0 Å². The van der Waals surface area contributed by atoms with Gasteiger partial charge < -0.3 is 10.0 Å². The van der Waals surface area contributed by atoms with Crippen molar-refractivity contribution in [2.75, 3.05) is 6.54 Å². The Morgan fingerprint density at radius 2 is 2.10 bits per heavy atom. The fourth-order valence-electron chi connectivity index (χ4n) is 2.53. The maximum atomic E-state index is 12.4. The molecule has 1 aliphatic heterocycles. The van der Waals surface area contributed by atoms with E-state index in [9.17, 15) is 19.7 Å². The van der Waals surface area contributed by atoms with Crippen LogP contribution in [0.4, 0.5) is 5.69 Å². The summed E-state index contributed by atoms with van der Waals surface area (Å²) >= 11 is 3.14. The highest BCUT2D eigenvalue weighted by molar-refractivity contribution is 9.10. The minimum Gasteiger partial charge on any atom is -0.481 e. The van der Waals surface area contributed by atoms with E-state index in [0.29, 0.717) is 17.4 Å². The zero-order valence-electron chi connectivity index (χ0n) is 11.2. The number of nitro benzene ring substituents is 1. The summed E-state index contributed by atoms with van der Waals surface area (Å²) < 4.78 is 0.432. The number of rotatable bonds is 3. The molecule has 2 rings (SSSR count). The first-order valence-corrected chi connectivity index (χ1v) is 7.09. The molecule has 1 heterocycles. The Morgan fingerprint density at radius 1 is 1.43 bits per heavy atom. The van der Waals surface area contributed by atoms with Crippen LogP contribution in [0, 0.1) is 16.0 Å². The number of halogens is 1. The van der Waals surface area contributed by atoms with Crippen molar-refractivity contribution >= 4 is 33.5 Å². The molecular formula is C13H13BrN2O5. The van der Waals surface area contributed by atoms with Gasteiger partial charge in [0.05, 0.1) is 10.8 Å². The average Bonchev–Trinajstić information content (AvgIpc) is 2.79. The second-order valence-electron chi connectivity index (χ2n) is 4.93. The molecule has 21 heavy (non-hydrogen) atoms. The van der Waals surface area contributed by atoms with Gasteiger partial charge in [0.15, 0.2) is 0 Å². The standard InChI is InChI=1S/C13H13BrN2O5/c1-7-11(13(18)19)2-3-15(7)12(17)8-4-9(14)6-10(5-8)16(20)21/h4-7,11H,2-3H2,1H3,(H,18,19). The van der Waals surface area contributed by atoms with Crippen LogP contribution in [0.25, 0.3) is 0 Å². The van der Waals surface area contributed by atoms with Gasteiger partial charge in [-0.2, -0.15) is 0 Å². The van der Waals surface area contributed by atoms with Gasteiger partial charge in [0, 0.05) is 34.8 Å². The predicted molar refractivity (Wildman–Crippen MR) is 77.0 cm³/mol. The molecule has 1 aromatic carbocycles. The van der Waals surface area contributed by atoms with E-state index in [1.54, 1.807) is 6.92 Å². The number of benzene rings is 1. The molecule has 0 bridgehead atoms. The third kappa shape index (κ3) is 3.05. The van der Waals surface area contributed by atoms with Crippen molar-refractivity contribution in [2.24, 2.45) is 5.92 Å². The third-order valence-corrected chi connectivity index (χ3v) is 4.13. The summed E-state index contributed by atoms with van der Waals surface area (Å²) in [5.74, 6) is -1.93. The fraction of sp³-hybridized carbons (Fsp3) is 0.385. The molecule has 1 aromatic rings. The number of amides is 1. The van der Waals surface area contributed by atoms with Gasteiger partial charge in [-0.3, -0.25) is 19.7 Å². The summed E-state index contributed by atoms with van der Waals surface area (Å²) in [6, 6.07) is 3.57. The van der Waals surface area contributed by atoms with Crippen LogP contribution in [0.3, 0.4) is 0 Å². The molecule has 8 heteroatoms. The molecule has 2 atom stereocenters. The molecule has 0 spiro atoms. The molecule has 0 saturated carbocycles. The molecule has 0 aliphatic carbocycles. The highest BCUT2D eigenvalue weighted by atomic mass is 79.9. The molecular weight excluding hydrogens is 344 g/mol. The summed E-state index contributed by atoms with van der Waals surface area (Å²) in [5.41, 5.74) is -0.0108. The minimum absolute atomic E-state index is 0.175. The number of hydrogen-bond acceptors (Lipinski definition) is 4. The molecule has 2 unspecified atom stereocenters. The van der Waals surface area contributed by atoms with Crippen LogP contribution in [0.2, 0.25) is 0 Å². The molecule has 1 saturated heterocycles. The normalized spacial score (nSPS) is 21.3. The van der Waals surface area contributed by atoms with Crippen LogP contribution in [-0.2, 0) is 4.79 Å². The minimum atomic E-state index is -0.932. The van der Waals surface area contributed by atoms with E-state index in [2.05, 4.69) is 15.9 Å². The second-order valence-corrected chi connectivity index (χ2v) is 5.84. The second kappa shape index (κ2) is 5.80. The van der Waals surface area contributed by atoms with E-state index in [4.69, 9.17) is 5.11 Å². The smallest absolute Gasteiger partial charge is 0.308 e. The van der Waals surface area contributed by atoms with Gasteiger partial charge >= 0.3 is 5.97 Å². The lowest BCUT2D eigenvalue weighted by molar-refractivity contribution is -0.385. The Labute approximate surface area is 128 Å². The topological polar surface area (TPSA) is 101 Å². The van der Waals surface area contributed by atoms with Crippen LogP contribution in [0.15, 0.2) is 22.7 Å². The molecule has 0 aromatic heterocycles. The highest BCUT2D eigenvalue weighted by Gasteiger charge is 2.38. The van der Waals surface area contributed by atoms with E-state index >= 15 is 0 Å². The first kappa shape index (κ1) is 15.4. The molecule has 1 aliphatic rings. The van der Waals surface area contributed by atoms with Gasteiger partial charge in [-0.1, -0.05) is 15.9 Å². The molecule has 1 amide bonds. The van der Waals surface area contributed by atoms with Crippen LogP contribution >= 0.6 is 15.9 Å². The van der Waals surface area contributed by atoms with Gasteiger partial charge in [0.25, 0.3) is 11.6 Å². The number of aliphatic carboxylic acids is 1. The van der Waals surface area contributed by atoms with Crippen molar-refractivity contribution in [3.63, 3.8) is 0 Å². The number of carboxylic acid groups (broad SMARTS) is 1. The van der Waals surface area contributed by atoms with Crippen molar-refractivity contribution in [2.45, 2.75) is 19.4 Å². The highest BCUT2D eigenvalue weighted by Crippen LogP contribution is 2.28. The summed E-state index contributed by atoms with van der Waals surface area (Å²) in [4.78, 5) is 35.2. The Kier molecular flexibility index (Phi) is 4.26. The van der Waals surface area contributed by atoms with Crippen molar-refractivity contribution < 1.29 is 19.6 Å². The molecule has 112 valence electrons. The van der Waals surface area contributed by atoms with Crippen LogP contribution in [0.5, 0.6) is 0 Å². The number of hydrogen-bond donors (Lipinski definition) is 1. The maximum Gasteiger partial charge on any atom is 0.308 e. The Bertz CT molecular complexity index is 619. The SMILES string of the molecule is CC1C(C(=O)O)CCN1C(=O)c1cc(Br)cc([N+](=O)[O-])c1. The fourth-order valence-corrected chi connectivity index (χ4v) is 3.01. The van der Waals surface area contributed by atoms with E-state index in [-0.39, 0.29) is 11.3 Å². The van der Waals surface area contributed by atoms with Crippen molar-refractivity contribution in [1.29, 1.82) is 0 Å². The van der Waals surface area contributed by atoms with Crippen LogP contribution in [-0.4, -0.2) is 39.4 Å². The van der Waals surface area contributed by atoms with Gasteiger partial charge in [-0.25, -0.2) is 0 Å². The first-order chi connectivity index (χ1) is 9.81. The van der Waals surface area contributed by atoms with Crippen LogP contribution < -0.4 is 0 Å². The first-order valence-electron chi connectivity index (χ1n) is 6.30. The predicted octanol–water partition coefficient (Wildman–Crippen LogP) is 2.29. The number of carboxylic acids is 1. The molecule has 0 radical (unpaired) electrons. The molecule has 1 N–H and O–H groups in total.